The number of nitrogens with one attached hydrogen (secondary N) is 2. The third-order valence-electron chi connectivity index (χ3n) is 2.40. The van der Waals surface area contributed by atoms with E-state index in [0.29, 0.717) is 5.69 Å². The maximum Gasteiger partial charge on any atom is 0.327 e. The molecule has 1 rings (SSSR count). The average molecular weight is 328 g/mol. The molecule has 0 saturated carbocycles. The molecule has 0 fully saturated rings. The zero-order valence-electron chi connectivity index (χ0n) is 11.6. The van der Waals surface area contributed by atoms with Gasteiger partial charge < -0.3 is 15.7 Å². The Morgan fingerprint density at radius 1 is 1.29 bits per heavy atom. The summed E-state index contributed by atoms with van der Waals surface area (Å²) in [4.78, 5) is 34.6. The number of hydrogen-bond acceptors (Lipinski definition) is 5. The van der Waals surface area contributed by atoms with Gasteiger partial charge in [-0.15, -0.1) is 11.8 Å². The van der Waals surface area contributed by atoms with Gasteiger partial charge in [0.1, 0.15) is 6.04 Å². The predicted octanol–water partition coefficient (Wildman–Crippen LogP) is 2.26. The molecule has 0 unspecified atom stereocenters. The molecule has 0 spiro atoms. The van der Waals surface area contributed by atoms with Crippen LogP contribution >= 0.6 is 23.5 Å². The Labute approximate surface area is 131 Å². The van der Waals surface area contributed by atoms with Crippen molar-refractivity contribution in [2.24, 2.45) is 0 Å². The number of carboxylic acid groups (broad SMARTS) is 1. The van der Waals surface area contributed by atoms with E-state index in [0.717, 1.165) is 16.7 Å². The Hall–Kier alpha value is -1.67. The first kappa shape index (κ1) is 17.4. The number of thioether (sulfide) groups is 2. The van der Waals surface area contributed by atoms with Crippen LogP contribution in [0, 0.1) is 0 Å². The average Bonchev–Trinajstić information content (AvgIpc) is 2.43. The highest BCUT2D eigenvalue weighted by Crippen LogP contribution is 2.25. The Kier molecular flexibility index (Phi) is 7.10. The largest absolute Gasteiger partial charge is 0.480 e. The van der Waals surface area contributed by atoms with Gasteiger partial charge in [0, 0.05) is 17.6 Å². The van der Waals surface area contributed by atoms with Crippen molar-refractivity contribution in [2.75, 3.05) is 17.3 Å². The SMILES string of the molecule is CSc1ccccc1NC(=O)SC[C@H](NC(C)=O)C(=O)O. The van der Waals surface area contributed by atoms with Crippen LogP contribution in [-0.4, -0.2) is 40.3 Å². The summed E-state index contributed by atoms with van der Waals surface area (Å²) < 4.78 is 0. The molecule has 0 heterocycles. The molecule has 2 amide bonds. The van der Waals surface area contributed by atoms with E-state index in [1.54, 1.807) is 12.1 Å². The number of amides is 2. The van der Waals surface area contributed by atoms with Gasteiger partial charge in [-0.3, -0.25) is 9.59 Å². The molecule has 8 heteroatoms. The highest BCUT2D eigenvalue weighted by Gasteiger charge is 2.20. The molecule has 0 saturated heterocycles. The number of benzene rings is 1. The van der Waals surface area contributed by atoms with E-state index in [2.05, 4.69) is 10.6 Å². The number of anilines is 1. The van der Waals surface area contributed by atoms with E-state index in [4.69, 9.17) is 5.11 Å². The number of carbonyl (C=O) groups excluding carboxylic acids is 2. The molecule has 3 N–H and O–H groups in total. The fourth-order valence-electron chi connectivity index (χ4n) is 1.47. The van der Waals surface area contributed by atoms with Gasteiger partial charge in [-0.1, -0.05) is 23.9 Å². The van der Waals surface area contributed by atoms with Crippen molar-refractivity contribution in [3.8, 4) is 0 Å². The van der Waals surface area contributed by atoms with Gasteiger partial charge in [-0.25, -0.2) is 4.79 Å². The summed E-state index contributed by atoms with van der Waals surface area (Å²) in [7, 11) is 0. The topological polar surface area (TPSA) is 95.5 Å². The van der Waals surface area contributed by atoms with Crippen LogP contribution in [0.2, 0.25) is 0 Å². The van der Waals surface area contributed by atoms with Crippen molar-refractivity contribution < 1.29 is 19.5 Å². The quantitative estimate of drug-likeness (QED) is 0.693. The second-order valence-electron chi connectivity index (χ2n) is 4.02. The van der Waals surface area contributed by atoms with Crippen molar-refractivity contribution in [3.05, 3.63) is 24.3 Å². The minimum Gasteiger partial charge on any atom is -0.480 e. The van der Waals surface area contributed by atoms with Crippen LogP contribution < -0.4 is 10.6 Å². The highest BCUT2D eigenvalue weighted by atomic mass is 32.2. The van der Waals surface area contributed by atoms with Crippen molar-refractivity contribution in [1.29, 1.82) is 0 Å². The first-order valence-electron chi connectivity index (χ1n) is 6.00. The van der Waals surface area contributed by atoms with Crippen molar-refractivity contribution in [2.45, 2.75) is 17.9 Å². The molecule has 114 valence electrons. The number of rotatable bonds is 6. The minimum atomic E-state index is -1.17. The molecular weight excluding hydrogens is 312 g/mol. The first-order valence-corrected chi connectivity index (χ1v) is 8.21. The van der Waals surface area contributed by atoms with Gasteiger partial charge in [0.2, 0.25) is 5.91 Å². The van der Waals surface area contributed by atoms with Crippen LogP contribution in [0.3, 0.4) is 0 Å². The highest BCUT2D eigenvalue weighted by molar-refractivity contribution is 8.13. The Balaban J connectivity index is 2.57. The van der Waals surface area contributed by atoms with E-state index < -0.39 is 17.9 Å². The summed E-state index contributed by atoms with van der Waals surface area (Å²) in [6.07, 6.45) is 1.90. The van der Waals surface area contributed by atoms with E-state index in [-0.39, 0.29) is 11.0 Å². The molecule has 1 aromatic rings. The summed E-state index contributed by atoms with van der Waals surface area (Å²) in [6, 6.07) is 6.23. The molecule has 0 aromatic heterocycles. The van der Waals surface area contributed by atoms with E-state index in [1.807, 2.05) is 18.4 Å². The molecule has 0 aliphatic carbocycles. The lowest BCUT2D eigenvalue weighted by molar-refractivity contribution is -0.140. The van der Waals surface area contributed by atoms with Crippen LogP contribution in [-0.2, 0) is 9.59 Å². The molecule has 6 nitrogen and oxygen atoms in total. The van der Waals surface area contributed by atoms with Crippen molar-refractivity contribution in [1.82, 2.24) is 5.32 Å². The number of carboxylic acids is 1. The molecule has 21 heavy (non-hydrogen) atoms. The summed E-state index contributed by atoms with van der Waals surface area (Å²) in [6.45, 7) is 1.23. The van der Waals surface area contributed by atoms with Crippen LogP contribution in [0.5, 0.6) is 0 Å². The van der Waals surface area contributed by atoms with Crippen molar-refractivity contribution in [3.63, 3.8) is 0 Å². The third kappa shape index (κ3) is 6.09. The van der Waals surface area contributed by atoms with Crippen LogP contribution in [0.1, 0.15) is 6.92 Å². The van der Waals surface area contributed by atoms with Gasteiger partial charge >= 0.3 is 5.97 Å². The Morgan fingerprint density at radius 3 is 2.52 bits per heavy atom. The molecule has 0 aliphatic heterocycles. The van der Waals surface area contributed by atoms with Gasteiger partial charge in [-0.05, 0) is 18.4 Å². The maximum atomic E-state index is 11.8. The zero-order valence-corrected chi connectivity index (χ0v) is 13.2. The minimum absolute atomic E-state index is 0.0395. The Morgan fingerprint density at radius 2 is 1.95 bits per heavy atom. The van der Waals surface area contributed by atoms with Gasteiger partial charge in [-0.2, -0.15) is 0 Å². The summed E-state index contributed by atoms with van der Waals surface area (Å²) in [5.74, 6) is -1.66. The monoisotopic (exact) mass is 328 g/mol. The standard InChI is InChI=1S/C13H16N2O4S2/c1-8(16)14-10(12(17)18)7-21-13(19)15-9-5-3-4-6-11(9)20-2/h3-6,10H,7H2,1-2H3,(H,14,16)(H,15,19)(H,17,18)/t10-/m0/s1. The lowest BCUT2D eigenvalue weighted by Crippen LogP contribution is -2.41. The fourth-order valence-corrected chi connectivity index (χ4v) is 2.75. The van der Waals surface area contributed by atoms with Crippen LogP contribution in [0.4, 0.5) is 10.5 Å². The van der Waals surface area contributed by atoms with Crippen molar-refractivity contribution >= 4 is 46.3 Å². The third-order valence-corrected chi connectivity index (χ3v) is 4.06. The Bertz CT molecular complexity index is 537. The molecule has 0 aliphatic rings. The summed E-state index contributed by atoms with van der Waals surface area (Å²) in [5.41, 5.74) is 0.675. The normalized spacial score (nSPS) is 11.5. The maximum absolute atomic E-state index is 11.8. The second kappa shape index (κ2) is 8.58. The number of carbonyl (C=O) groups is 3. The first-order chi connectivity index (χ1) is 9.93. The lowest BCUT2D eigenvalue weighted by atomic mass is 10.3. The smallest absolute Gasteiger partial charge is 0.327 e. The summed E-state index contributed by atoms with van der Waals surface area (Å²) in [5, 5.41) is 13.6. The predicted molar refractivity (Wildman–Crippen MR) is 84.9 cm³/mol. The lowest BCUT2D eigenvalue weighted by Gasteiger charge is -2.13. The number of para-hydroxylation sites is 1. The van der Waals surface area contributed by atoms with Gasteiger partial charge in [0.05, 0.1) is 5.69 Å². The van der Waals surface area contributed by atoms with Crippen LogP contribution in [0.15, 0.2) is 29.2 Å². The fraction of sp³-hybridized carbons (Fsp3) is 0.308. The molecular formula is C13H16N2O4S2. The summed E-state index contributed by atoms with van der Waals surface area (Å²) >= 11 is 2.31. The second-order valence-corrected chi connectivity index (χ2v) is 5.86. The molecule has 1 atom stereocenters. The van der Waals surface area contributed by atoms with E-state index in [1.165, 1.54) is 18.7 Å². The number of hydrogen-bond donors (Lipinski definition) is 3. The molecule has 0 radical (unpaired) electrons. The number of aliphatic carboxylic acids is 1. The zero-order chi connectivity index (χ0) is 15.8. The van der Waals surface area contributed by atoms with Gasteiger partial charge in [0.25, 0.3) is 5.24 Å². The molecule has 0 bridgehead atoms. The van der Waals surface area contributed by atoms with E-state index in [9.17, 15) is 14.4 Å². The molecule has 1 aromatic carbocycles. The van der Waals surface area contributed by atoms with Gasteiger partial charge in [0.15, 0.2) is 0 Å². The van der Waals surface area contributed by atoms with E-state index >= 15 is 0 Å². The van der Waals surface area contributed by atoms with Crippen LogP contribution in [0.25, 0.3) is 0 Å².